The van der Waals surface area contributed by atoms with E-state index in [0.717, 1.165) is 19.4 Å². The quantitative estimate of drug-likeness (QED) is 0.865. The Labute approximate surface area is 105 Å². The van der Waals surface area contributed by atoms with E-state index < -0.39 is 0 Å². The lowest BCUT2D eigenvalue weighted by Crippen LogP contribution is -2.33. The van der Waals surface area contributed by atoms with Gasteiger partial charge >= 0.3 is 0 Å². The van der Waals surface area contributed by atoms with Gasteiger partial charge in [-0.15, -0.1) is 0 Å². The molecule has 0 amide bonds. The number of hydrogen-bond donors (Lipinski definition) is 1. The third-order valence-corrected chi connectivity index (χ3v) is 3.74. The molecule has 1 aliphatic heterocycles. The monoisotopic (exact) mass is 232 g/mol. The van der Waals surface area contributed by atoms with Crippen LogP contribution in [-0.4, -0.2) is 19.1 Å². The van der Waals surface area contributed by atoms with Crippen LogP contribution in [0.3, 0.4) is 0 Å². The van der Waals surface area contributed by atoms with E-state index in [2.05, 4.69) is 36.9 Å². The van der Waals surface area contributed by atoms with Crippen molar-refractivity contribution in [1.82, 2.24) is 0 Å². The molecule has 1 aliphatic rings. The van der Waals surface area contributed by atoms with Crippen molar-refractivity contribution in [3.05, 3.63) is 29.3 Å². The lowest BCUT2D eigenvalue weighted by Gasteiger charge is -2.32. The number of nitrogens with zero attached hydrogens (tertiary/aromatic N) is 1. The molecule has 0 saturated carbocycles. The third-order valence-electron chi connectivity index (χ3n) is 3.74. The van der Waals surface area contributed by atoms with Crippen molar-refractivity contribution in [3.63, 3.8) is 0 Å². The van der Waals surface area contributed by atoms with Crippen LogP contribution in [0.2, 0.25) is 0 Å². The molecule has 1 unspecified atom stereocenters. The highest BCUT2D eigenvalue weighted by atomic mass is 15.1. The number of rotatable bonds is 4. The molecule has 94 valence electrons. The summed E-state index contributed by atoms with van der Waals surface area (Å²) >= 11 is 0. The molecule has 17 heavy (non-hydrogen) atoms. The summed E-state index contributed by atoms with van der Waals surface area (Å²) in [6, 6.07) is 7.19. The van der Waals surface area contributed by atoms with Crippen molar-refractivity contribution in [2.75, 3.05) is 18.0 Å². The first kappa shape index (κ1) is 12.4. The van der Waals surface area contributed by atoms with E-state index in [9.17, 15) is 0 Å². The van der Waals surface area contributed by atoms with Gasteiger partial charge in [-0.25, -0.2) is 0 Å². The molecule has 0 radical (unpaired) electrons. The molecule has 0 bridgehead atoms. The summed E-state index contributed by atoms with van der Waals surface area (Å²) in [7, 11) is 0. The minimum atomic E-state index is 0.353. The van der Waals surface area contributed by atoms with Gasteiger partial charge in [0, 0.05) is 24.8 Å². The van der Waals surface area contributed by atoms with E-state index in [1.165, 1.54) is 36.2 Å². The SMILES string of the molecule is CCC(N)CCN1CCCc2cc(C)ccc21. The van der Waals surface area contributed by atoms with Crippen LogP contribution in [0.4, 0.5) is 5.69 Å². The van der Waals surface area contributed by atoms with Gasteiger partial charge in [0.15, 0.2) is 0 Å². The second-order valence-corrected chi connectivity index (χ2v) is 5.18. The van der Waals surface area contributed by atoms with Gasteiger partial charge in [-0.3, -0.25) is 0 Å². The smallest absolute Gasteiger partial charge is 0.0398 e. The van der Waals surface area contributed by atoms with Crippen LogP contribution in [0.1, 0.15) is 37.3 Å². The largest absolute Gasteiger partial charge is 0.371 e. The first-order valence-corrected chi connectivity index (χ1v) is 6.80. The summed E-state index contributed by atoms with van der Waals surface area (Å²) in [6.07, 6.45) is 4.68. The fourth-order valence-electron chi connectivity index (χ4n) is 2.56. The Morgan fingerprint density at radius 1 is 1.41 bits per heavy atom. The zero-order chi connectivity index (χ0) is 12.3. The summed E-state index contributed by atoms with van der Waals surface area (Å²) in [6.45, 7) is 6.63. The average molecular weight is 232 g/mol. The number of nitrogens with two attached hydrogens (primary N) is 1. The maximum Gasteiger partial charge on any atom is 0.0398 e. The van der Waals surface area contributed by atoms with Crippen molar-refractivity contribution in [2.45, 2.75) is 45.6 Å². The lowest BCUT2D eigenvalue weighted by atomic mass is 9.99. The first-order valence-electron chi connectivity index (χ1n) is 6.80. The highest BCUT2D eigenvalue weighted by molar-refractivity contribution is 5.56. The number of hydrogen-bond acceptors (Lipinski definition) is 2. The van der Waals surface area contributed by atoms with Crippen LogP contribution < -0.4 is 10.6 Å². The predicted molar refractivity (Wildman–Crippen MR) is 74.6 cm³/mol. The predicted octanol–water partition coefficient (Wildman–Crippen LogP) is 2.88. The fraction of sp³-hybridized carbons (Fsp3) is 0.600. The standard InChI is InChI=1S/C15H24N2/c1-3-14(16)8-10-17-9-4-5-13-11-12(2)6-7-15(13)17/h6-7,11,14H,3-5,8-10,16H2,1-2H3. The van der Waals surface area contributed by atoms with Gasteiger partial charge in [-0.2, -0.15) is 0 Å². The maximum absolute atomic E-state index is 6.01. The van der Waals surface area contributed by atoms with E-state index in [-0.39, 0.29) is 0 Å². The molecule has 2 heteroatoms. The molecule has 1 atom stereocenters. The van der Waals surface area contributed by atoms with E-state index in [1.807, 2.05) is 0 Å². The van der Waals surface area contributed by atoms with Gasteiger partial charge < -0.3 is 10.6 Å². The van der Waals surface area contributed by atoms with Crippen LogP contribution in [0.15, 0.2) is 18.2 Å². The number of fused-ring (bicyclic) bond motifs is 1. The molecule has 1 heterocycles. The van der Waals surface area contributed by atoms with Gasteiger partial charge in [0.05, 0.1) is 0 Å². The Morgan fingerprint density at radius 2 is 2.24 bits per heavy atom. The number of benzene rings is 1. The molecule has 1 aromatic carbocycles. The summed E-state index contributed by atoms with van der Waals surface area (Å²) in [5.74, 6) is 0. The van der Waals surface area contributed by atoms with E-state index in [0.29, 0.717) is 6.04 Å². The van der Waals surface area contributed by atoms with Crippen molar-refractivity contribution in [3.8, 4) is 0 Å². The fourth-order valence-corrected chi connectivity index (χ4v) is 2.56. The molecule has 0 aromatic heterocycles. The van der Waals surface area contributed by atoms with Gasteiger partial charge in [0.2, 0.25) is 0 Å². The topological polar surface area (TPSA) is 29.3 Å². The van der Waals surface area contributed by atoms with Gasteiger partial charge in [0.25, 0.3) is 0 Å². The maximum atomic E-state index is 6.01. The Balaban J connectivity index is 2.06. The first-order chi connectivity index (χ1) is 8.20. The molecule has 0 saturated heterocycles. The third kappa shape index (κ3) is 3.01. The Kier molecular flexibility index (Phi) is 4.06. The van der Waals surface area contributed by atoms with Crippen LogP contribution in [0, 0.1) is 6.92 Å². The Hall–Kier alpha value is -1.02. The molecule has 0 aliphatic carbocycles. The van der Waals surface area contributed by atoms with Crippen molar-refractivity contribution in [2.24, 2.45) is 5.73 Å². The van der Waals surface area contributed by atoms with Gasteiger partial charge in [-0.1, -0.05) is 24.6 Å². The summed E-state index contributed by atoms with van der Waals surface area (Å²) in [5.41, 5.74) is 10.3. The molecule has 2 N–H and O–H groups in total. The minimum absolute atomic E-state index is 0.353. The van der Waals surface area contributed by atoms with E-state index in [1.54, 1.807) is 0 Å². The van der Waals surface area contributed by atoms with Crippen LogP contribution in [0.5, 0.6) is 0 Å². The van der Waals surface area contributed by atoms with E-state index >= 15 is 0 Å². The van der Waals surface area contributed by atoms with E-state index in [4.69, 9.17) is 5.73 Å². The van der Waals surface area contributed by atoms with Gasteiger partial charge in [0.1, 0.15) is 0 Å². The minimum Gasteiger partial charge on any atom is -0.371 e. The summed E-state index contributed by atoms with van der Waals surface area (Å²) < 4.78 is 0. The second kappa shape index (κ2) is 5.54. The zero-order valence-electron chi connectivity index (χ0n) is 11.1. The number of anilines is 1. The Bertz CT molecular complexity index is 373. The van der Waals surface area contributed by atoms with Gasteiger partial charge in [-0.05, 0) is 44.2 Å². The summed E-state index contributed by atoms with van der Waals surface area (Å²) in [5, 5.41) is 0. The normalized spacial score (nSPS) is 16.8. The Morgan fingerprint density at radius 3 is 3.00 bits per heavy atom. The second-order valence-electron chi connectivity index (χ2n) is 5.18. The molecular weight excluding hydrogens is 208 g/mol. The highest BCUT2D eigenvalue weighted by Crippen LogP contribution is 2.28. The molecule has 2 nitrogen and oxygen atoms in total. The van der Waals surface area contributed by atoms with Crippen LogP contribution in [-0.2, 0) is 6.42 Å². The van der Waals surface area contributed by atoms with Crippen molar-refractivity contribution >= 4 is 5.69 Å². The van der Waals surface area contributed by atoms with Crippen LogP contribution in [0.25, 0.3) is 0 Å². The van der Waals surface area contributed by atoms with Crippen LogP contribution >= 0.6 is 0 Å². The zero-order valence-corrected chi connectivity index (χ0v) is 11.1. The summed E-state index contributed by atoms with van der Waals surface area (Å²) in [4.78, 5) is 2.51. The number of aryl methyl sites for hydroxylation is 2. The average Bonchev–Trinajstić information content (AvgIpc) is 2.35. The molecule has 0 fully saturated rings. The van der Waals surface area contributed by atoms with Crippen molar-refractivity contribution < 1.29 is 0 Å². The molecule has 0 spiro atoms. The molecule has 1 aromatic rings. The lowest BCUT2D eigenvalue weighted by molar-refractivity contribution is 0.570. The molecular formula is C15H24N2. The van der Waals surface area contributed by atoms with Crippen molar-refractivity contribution in [1.29, 1.82) is 0 Å². The highest BCUT2D eigenvalue weighted by Gasteiger charge is 2.16. The molecule has 2 rings (SSSR count).